The fourth-order valence-electron chi connectivity index (χ4n) is 2.04. The molecule has 3 N–H and O–H groups in total. The van der Waals surface area contributed by atoms with Crippen LogP contribution in [0.15, 0.2) is 41.2 Å². The summed E-state index contributed by atoms with van der Waals surface area (Å²) in [7, 11) is 0. The maximum Gasteiger partial charge on any atom is 0.323 e. The fourth-order valence-corrected chi connectivity index (χ4v) is 2.39. The number of para-hydroxylation sites is 1. The van der Waals surface area contributed by atoms with Crippen LogP contribution in [0.25, 0.3) is 11.0 Å². The third-order valence-corrected chi connectivity index (χ3v) is 3.81. The lowest BCUT2D eigenvalue weighted by Gasteiger charge is -2.08. The molecule has 0 atom stereocenters. The number of carbonyl (C=O) groups is 1. The van der Waals surface area contributed by atoms with Crippen LogP contribution in [0.2, 0.25) is 10.0 Å². The molecule has 5 nitrogen and oxygen atoms in total. The van der Waals surface area contributed by atoms with Crippen molar-refractivity contribution in [2.45, 2.75) is 0 Å². The van der Waals surface area contributed by atoms with Crippen molar-refractivity contribution >= 4 is 45.8 Å². The summed E-state index contributed by atoms with van der Waals surface area (Å²) >= 11 is 11.9. The van der Waals surface area contributed by atoms with Crippen molar-refractivity contribution in [3.63, 3.8) is 0 Å². The molecule has 0 radical (unpaired) electrons. The van der Waals surface area contributed by atoms with Gasteiger partial charge in [0.05, 0.1) is 32.3 Å². The second-order valence-corrected chi connectivity index (χ2v) is 5.15. The molecule has 0 spiro atoms. The molecule has 0 bridgehead atoms. The second-order valence-electron chi connectivity index (χ2n) is 4.36. The number of amides is 1. The minimum atomic E-state index is -0.389. The van der Waals surface area contributed by atoms with E-state index in [1.54, 1.807) is 36.4 Å². The first kappa shape index (κ1) is 13.7. The molecule has 2 aromatic carbocycles. The summed E-state index contributed by atoms with van der Waals surface area (Å²) < 4.78 is 0. The van der Waals surface area contributed by atoms with Crippen LogP contribution in [-0.2, 0) is 0 Å². The Balaban J connectivity index is 2.01. The Hall–Kier alpha value is -2.24. The summed E-state index contributed by atoms with van der Waals surface area (Å²) in [5.41, 5.74) is 1.37. The van der Waals surface area contributed by atoms with E-state index >= 15 is 0 Å². The van der Waals surface area contributed by atoms with Crippen molar-refractivity contribution in [2.75, 3.05) is 5.32 Å². The van der Waals surface area contributed by atoms with Crippen LogP contribution in [0.4, 0.5) is 5.69 Å². The molecule has 0 saturated carbocycles. The van der Waals surface area contributed by atoms with Gasteiger partial charge in [-0.25, -0.2) is 4.79 Å². The largest absolute Gasteiger partial charge is 0.323 e. The van der Waals surface area contributed by atoms with E-state index in [0.717, 1.165) is 0 Å². The highest BCUT2D eigenvalue weighted by Gasteiger charge is 2.14. The standard InChI is InChI=1S/C14H9Cl2N3O2/c15-8-4-2-5-9(11(8)16)17-13(20)7-3-1-6-10-12(7)19-14(21)18-10/h1-6H,(H,17,20)(H2,18,19,21). The van der Waals surface area contributed by atoms with Gasteiger partial charge in [-0.2, -0.15) is 0 Å². The Labute approximate surface area is 128 Å². The minimum Gasteiger partial charge on any atom is -0.321 e. The number of rotatable bonds is 2. The summed E-state index contributed by atoms with van der Waals surface area (Å²) in [5, 5.41) is 3.29. The first-order chi connectivity index (χ1) is 10.1. The number of aromatic nitrogens is 2. The van der Waals surface area contributed by atoms with E-state index in [2.05, 4.69) is 15.3 Å². The third-order valence-electron chi connectivity index (χ3n) is 3.00. The smallest absolute Gasteiger partial charge is 0.321 e. The van der Waals surface area contributed by atoms with Gasteiger partial charge in [0, 0.05) is 0 Å². The molecule has 3 aromatic rings. The number of H-pyrrole nitrogens is 2. The predicted molar refractivity (Wildman–Crippen MR) is 83.3 cm³/mol. The predicted octanol–water partition coefficient (Wildman–Crippen LogP) is 3.42. The molecule has 0 saturated heterocycles. The zero-order valence-corrected chi connectivity index (χ0v) is 12.0. The lowest BCUT2D eigenvalue weighted by molar-refractivity contribution is 0.102. The van der Waals surface area contributed by atoms with Gasteiger partial charge >= 0.3 is 5.69 Å². The molecular formula is C14H9Cl2N3O2. The number of hydrogen-bond donors (Lipinski definition) is 3. The Bertz CT molecular complexity index is 899. The van der Waals surface area contributed by atoms with Crippen LogP contribution in [-0.4, -0.2) is 15.9 Å². The average Bonchev–Trinajstić information content (AvgIpc) is 2.83. The molecule has 3 rings (SSSR count). The zero-order valence-electron chi connectivity index (χ0n) is 10.5. The average molecular weight is 322 g/mol. The zero-order chi connectivity index (χ0) is 15.0. The SMILES string of the molecule is O=C(Nc1cccc(Cl)c1Cl)c1cccc2[nH]c(=O)[nH]c12. The number of nitrogens with one attached hydrogen (secondary N) is 3. The van der Waals surface area contributed by atoms with Crippen molar-refractivity contribution in [1.29, 1.82) is 0 Å². The molecule has 7 heteroatoms. The van der Waals surface area contributed by atoms with E-state index in [1.807, 2.05) is 0 Å². The maximum atomic E-state index is 12.4. The topological polar surface area (TPSA) is 77.8 Å². The van der Waals surface area contributed by atoms with Gasteiger partial charge in [0.15, 0.2) is 0 Å². The van der Waals surface area contributed by atoms with Crippen molar-refractivity contribution in [3.05, 3.63) is 62.5 Å². The van der Waals surface area contributed by atoms with Crippen LogP contribution in [0, 0.1) is 0 Å². The van der Waals surface area contributed by atoms with Crippen LogP contribution < -0.4 is 11.0 Å². The third kappa shape index (κ3) is 2.53. The number of imidazole rings is 1. The molecule has 0 aliphatic heterocycles. The van der Waals surface area contributed by atoms with Gasteiger partial charge in [-0.3, -0.25) is 4.79 Å². The highest BCUT2D eigenvalue weighted by molar-refractivity contribution is 6.44. The molecule has 0 aliphatic carbocycles. The lowest BCUT2D eigenvalue weighted by Crippen LogP contribution is -2.13. The van der Waals surface area contributed by atoms with Crippen molar-refractivity contribution < 1.29 is 4.79 Å². The monoisotopic (exact) mass is 321 g/mol. The number of hydrogen-bond acceptors (Lipinski definition) is 2. The summed E-state index contributed by atoms with van der Waals surface area (Å²) in [5.74, 6) is -0.389. The number of anilines is 1. The van der Waals surface area contributed by atoms with Gasteiger partial charge in [0.2, 0.25) is 0 Å². The lowest BCUT2D eigenvalue weighted by atomic mass is 10.1. The molecule has 1 aromatic heterocycles. The summed E-state index contributed by atoms with van der Waals surface area (Å²) in [6.07, 6.45) is 0. The van der Waals surface area contributed by atoms with Gasteiger partial charge in [-0.1, -0.05) is 35.3 Å². The van der Waals surface area contributed by atoms with Gasteiger partial charge in [-0.05, 0) is 24.3 Å². The first-order valence-electron chi connectivity index (χ1n) is 6.02. The molecule has 106 valence electrons. The van der Waals surface area contributed by atoms with Crippen molar-refractivity contribution in [1.82, 2.24) is 9.97 Å². The normalized spacial score (nSPS) is 10.8. The van der Waals surface area contributed by atoms with Crippen LogP contribution in [0.1, 0.15) is 10.4 Å². The number of benzene rings is 2. The second kappa shape index (κ2) is 5.27. The maximum absolute atomic E-state index is 12.4. The molecular weight excluding hydrogens is 313 g/mol. The van der Waals surface area contributed by atoms with E-state index in [0.29, 0.717) is 27.3 Å². The molecule has 0 fully saturated rings. The van der Waals surface area contributed by atoms with E-state index < -0.39 is 0 Å². The summed E-state index contributed by atoms with van der Waals surface area (Å²) in [6, 6.07) is 9.95. The Morgan fingerprint density at radius 3 is 2.62 bits per heavy atom. The van der Waals surface area contributed by atoms with Crippen LogP contribution in [0.3, 0.4) is 0 Å². The fraction of sp³-hybridized carbons (Fsp3) is 0. The molecule has 1 amide bonds. The molecule has 21 heavy (non-hydrogen) atoms. The Morgan fingerprint density at radius 1 is 1.05 bits per heavy atom. The number of fused-ring (bicyclic) bond motifs is 1. The van der Waals surface area contributed by atoms with Gasteiger partial charge in [0.25, 0.3) is 5.91 Å². The highest BCUT2D eigenvalue weighted by atomic mass is 35.5. The Morgan fingerprint density at radius 2 is 1.81 bits per heavy atom. The molecule has 0 aliphatic rings. The molecule has 0 unspecified atom stereocenters. The number of carbonyl (C=O) groups excluding carboxylic acids is 1. The van der Waals surface area contributed by atoms with E-state index in [4.69, 9.17) is 23.2 Å². The van der Waals surface area contributed by atoms with Gasteiger partial charge < -0.3 is 15.3 Å². The first-order valence-corrected chi connectivity index (χ1v) is 6.78. The van der Waals surface area contributed by atoms with E-state index in [1.165, 1.54) is 0 Å². The van der Waals surface area contributed by atoms with E-state index in [9.17, 15) is 9.59 Å². The van der Waals surface area contributed by atoms with E-state index in [-0.39, 0.29) is 16.6 Å². The van der Waals surface area contributed by atoms with Crippen LogP contribution >= 0.6 is 23.2 Å². The Kier molecular flexibility index (Phi) is 3.45. The quantitative estimate of drug-likeness (QED) is 0.676. The minimum absolute atomic E-state index is 0.266. The van der Waals surface area contributed by atoms with Crippen molar-refractivity contribution in [3.8, 4) is 0 Å². The van der Waals surface area contributed by atoms with Gasteiger partial charge in [-0.15, -0.1) is 0 Å². The van der Waals surface area contributed by atoms with Gasteiger partial charge in [0.1, 0.15) is 0 Å². The summed E-state index contributed by atoms with van der Waals surface area (Å²) in [4.78, 5) is 28.9. The number of halogens is 2. The summed E-state index contributed by atoms with van der Waals surface area (Å²) in [6.45, 7) is 0. The highest BCUT2D eigenvalue weighted by Crippen LogP contribution is 2.30. The van der Waals surface area contributed by atoms with Crippen molar-refractivity contribution in [2.24, 2.45) is 0 Å². The molecule has 1 heterocycles. The van der Waals surface area contributed by atoms with Crippen LogP contribution in [0.5, 0.6) is 0 Å². The number of aromatic amines is 2.